The highest BCUT2D eigenvalue weighted by Gasteiger charge is 2.06. The smallest absolute Gasteiger partial charge is 0.219 e. The van der Waals surface area contributed by atoms with Crippen molar-refractivity contribution in [3.63, 3.8) is 0 Å². The van der Waals surface area contributed by atoms with Gasteiger partial charge in [-0.3, -0.25) is 0 Å². The van der Waals surface area contributed by atoms with E-state index in [1.807, 2.05) is 36.5 Å². The van der Waals surface area contributed by atoms with Crippen molar-refractivity contribution >= 4 is 17.3 Å². The Bertz CT molecular complexity index is 646. The first-order valence-electron chi connectivity index (χ1n) is 5.42. The molecule has 2 N–H and O–H groups in total. The van der Waals surface area contributed by atoms with Crippen LogP contribution >= 0.6 is 11.3 Å². The molecule has 3 rings (SSSR count). The number of anilines is 1. The van der Waals surface area contributed by atoms with Gasteiger partial charge in [0.15, 0.2) is 0 Å². The van der Waals surface area contributed by atoms with Crippen LogP contribution in [0.3, 0.4) is 0 Å². The first-order chi connectivity index (χ1) is 8.83. The van der Waals surface area contributed by atoms with Gasteiger partial charge in [-0.15, -0.1) is 11.3 Å². The largest absolute Gasteiger partial charge is 0.368 e. The van der Waals surface area contributed by atoms with Crippen LogP contribution in [-0.2, 0) is 0 Å². The SMILES string of the molecule is Nc1ncc(-c2cnc(-c3ccccc3)s2)cn1. The lowest BCUT2D eigenvalue weighted by molar-refractivity contribution is 1.19. The number of nitrogen functional groups attached to an aromatic ring is 1. The summed E-state index contributed by atoms with van der Waals surface area (Å²) >= 11 is 1.61. The minimum absolute atomic E-state index is 0.284. The molecule has 2 heterocycles. The third kappa shape index (κ3) is 2.08. The van der Waals surface area contributed by atoms with Gasteiger partial charge in [-0.05, 0) is 0 Å². The van der Waals surface area contributed by atoms with Crippen LogP contribution in [0.25, 0.3) is 21.0 Å². The van der Waals surface area contributed by atoms with Gasteiger partial charge in [0, 0.05) is 29.7 Å². The Morgan fingerprint density at radius 3 is 2.28 bits per heavy atom. The number of nitrogens with zero attached hydrogens (tertiary/aromatic N) is 3. The van der Waals surface area contributed by atoms with Crippen LogP contribution in [-0.4, -0.2) is 15.0 Å². The van der Waals surface area contributed by atoms with E-state index in [0.29, 0.717) is 0 Å². The van der Waals surface area contributed by atoms with Gasteiger partial charge in [0.05, 0.1) is 4.88 Å². The van der Waals surface area contributed by atoms with Crippen molar-refractivity contribution in [1.82, 2.24) is 15.0 Å². The van der Waals surface area contributed by atoms with Crippen LogP contribution in [0.5, 0.6) is 0 Å². The third-order valence-electron chi connectivity index (χ3n) is 2.48. The monoisotopic (exact) mass is 254 g/mol. The topological polar surface area (TPSA) is 64.7 Å². The predicted octanol–water partition coefficient (Wildman–Crippen LogP) is 2.85. The van der Waals surface area contributed by atoms with E-state index < -0.39 is 0 Å². The second-order valence-corrected chi connectivity index (χ2v) is 4.76. The number of thiazole rings is 1. The average molecular weight is 254 g/mol. The highest BCUT2D eigenvalue weighted by atomic mass is 32.1. The summed E-state index contributed by atoms with van der Waals surface area (Å²) in [6.07, 6.45) is 5.26. The Kier molecular flexibility index (Phi) is 2.74. The average Bonchev–Trinajstić information content (AvgIpc) is 2.90. The third-order valence-corrected chi connectivity index (χ3v) is 3.58. The zero-order chi connectivity index (χ0) is 12.4. The molecule has 0 aliphatic rings. The molecule has 0 unspecified atom stereocenters. The van der Waals surface area contributed by atoms with Gasteiger partial charge in [-0.25, -0.2) is 15.0 Å². The standard InChI is InChI=1S/C13H10N4S/c14-13-16-6-10(7-17-13)11-8-15-12(18-11)9-4-2-1-3-5-9/h1-8H,(H2,14,16,17). The van der Waals surface area contributed by atoms with Crippen molar-refractivity contribution in [1.29, 1.82) is 0 Å². The van der Waals surface area contributed by atoms with Crippen LogP contribution in [0.4, 0.5) is 5.95 Å². The van der Waals surface area contributed by atoms with Crippen molar-refractivity contribution in [3.8, 4) is 21.0 Å². The molecule has 2 aromatic heterocycles. The van der Waals surface area contributed by atoms with Crippen molar-refractivity contribution < 1.29 is 0 Å². The van der Waals surface area contributed by atoms with Crippen LogP contribution < -0.4 is 5.73 Å². The van der Waals surface area contributed by atoms with Gasteiger partial charge < -0.3 is 5.73 Å². The maximum absolute atomic E-state index is 5.47. The summed E-state index contributed by atoms with van der Waals surface area (Å²) in [5.41, 5.74) is 7.52. The predicted molar refractivity (Wildman–Crippen MR) is 73.0 cm³/mol. The second-order valence-electron chi connectivity index (χ2n) is 3.73. The van der Waals surface area contributed by atoms with Gasteiger partial charge in [0.1, 0.15) is 5.01 Å². The van der Waals surface area contributed by atoms with E-state index in [0.717, 1.165) is 21.0 Å². The first-order valence-corrected chi connectivity index (χ1v) is 6.24. The minimum atomic E-state index is 0.284. The van der Waals surface area contributed by atoms with Crippen LogP contribution in [0, 0.1) is 0 Å². The fraction of sp³-hybridized carbons (Fsp3) is 0. The molecule has 0 saturated heterocycles. The Balaban J connectivity index is 1.97. The molecule has 5 heteroatoms. The normalized spacial score (nSPS) is 10.4. The van der Waals surface area contributed by atoms with Crippen LogP contribution in [0.1, 0.15) is 0 Å². The van der Waals surface area contributed by atoms with Crippen molar-refractivity contribution in [2.45, 2.75) is 0 Å². The van der Waals surface area contributed by atoms with Crippen LogP contribution in [0.15, 0.2) is 48.9 Å². The Hall–Kier alpha value is -2.27. The summed E-state index contributed by atoms with van der Waals surface area (Å²) in [6.45, 7) is 0. The number of benzene rings is 1. The number of hydrogen-bond acceptors (Lipinski definition) is 5. The highest BCUT2D eigenvalue weighted by molar-refractivity contribution is 7.18. The van der Waals surface area contributed by atoms with Crippen LogP contribution in [0.2, 0.25) is 0 Å². The molecule has 88 valence electrons. The molecule has 0 aliphatic heterocycles. The summed E-state index contributed by atoms with van der Waals surface area (Å²) in [6, 6.07) is 10.1. The molecule has 0 saturated carbocycles. The fourth-order valence-corrected chi connectivity index (χ4v) is 2.48. The number of hydrogen-bond donors (Lipinski definition) is 1. The van der Waals surface area contributed by atoms with E-state index in [1.54, 1.807) is 23.7 Å². The van der Waals surface area contributed by atoms with Crippen molar-refractivity contribution in [3.05, 3.63) is 48.9 Å². The highest BCUT2D eigenvalue weighted by Crippen LogP contribution is 2.31. The summed E-state index contributed by atoms with van der Waals surface area (Å²) in [4.78, 5) is 13.4. The zero-order valence-corrected chi connectivity index (χ0v) is 10.3. The lowest BCUT2D eigenvalue weighted by atomic mass is 10.2. The molecule has 0 radical (unpaired) electrons. The lowest BCUT2D eigenvalue weighted by Gasteiger charge is -1.95. The minimum Gasteiger partial charge on any atom is -0.368 e. The van der Waals surface area contributed by atoms with E-state index in [9.17, 15) is 0 Å². The Morgan fingerprint density at radius 1 is 0.833 bits per heavy atom. The number of aromatic nitrogens is 3. The second kappa shape index (κ2) is 4.54. The Labute approximate surface area is 108 Å². The zero-order valence-electron chi connectivity index (χ0n) is 9.45. The summed E-state index contributed by atoms with van der Waals surface area (Å²) in [5.74, 6) is 0.284. The molecule has 1 aromatic carbocycles. The quantitative estimate of drug-likeness (QED) is 0.763. The number of nitrogens with two attached hydrogens (primary N) is 1. The number of rotatable bonds is 2. The van der Waals surface area contributed by atoms with E-state index in [-0.39, 0.29) is 5.95 Å². The van der Waals surface area contributed by atoms with E-state index in [4.69, 9.17) is 5.73 Å². The maximum atomic E-state index is 5.47. The van der Waals surface area contributed by atoms with E-state index >= 15 is 0 Å². The first kappa shape index (κ1) is 10.9. The van der Waals surface area contributed by atoms with Gasteiger partial charge in [0.2, 0.25) is 5.95 Å². The molecule has 18 heavy (non-hydrogen) atoms. The lowest BCUT2D eigenvalue weighted by Crippen LogP contribution is -1.92. The molecule has 0 atom stereocenters. The van der Waals surface area contributed by atoms with E-state index in [1.165, 1.54) is 0 Å². The molecule has 0 aliphatic carbocycles. The molecule has 4 nitrogen and oxygen atoms in total. The van der Waals surface area contributed by atoms with E-state index in [2.05, 4.69) is 15.0 Å². The Morgan fingerprint density at radius 2 is 1.56 bits per heavy atom. The summed E-state index contributed by atoms with van der Waals surface area (Å²) in [7, 11) is 0. The molecular weight excluding hydrogens is 244 g/mol. The van der Waals surface area contributed by atoms with Gasteiger partial charge in [0.25, 0.3) is 0 Å². The van der Waals surface area contributed by atoms with Gasteiger partial charge in [-0.1, -0.05) is 30.3 Å². The summed E-state index contributed by atoms with van der Waals surface area (Å²) in [5, 5.41) is 0.988. The molecule has 0 amide bonds. The summed E-state index contributed by atoms with van der Waals surface area (Å²) < 4.78 is 0. The van der Waals surface area contributed by atoms with Crippen molar-refractivity contribution in [2.24, 2.45) is 0 Å². The molecule has 3 aromatic rings. The molecule has 0 spiro atoms. The molecule has 0 bridgehead atoms. The van der Waals surface area contributed by atoms with Crippen molar-refractivity contribution in [2.75, 3.05) is 5.73 Å². The molecule has 0 fully saturated rings. The maximum Gasteiger partial charge on any atom is 0.219 e. The fourth-order valence-electron chi connectivity index (χ4n) is 1.59. The van der Waals surface area contributed by atoms with Gasteiger partial charge in [-0.2, -0.15) is 0 Å². The molecular formula is C13H10N4S. The van der Waals surface area contributed by atoms with Gasteiger partial charge >= 0.3 is 0 Å².